The van der Waals surface area contributed by atoms with Crippen LogP contribution in [0.25, 0.3) is 0 Å². The van der Waals surface area contributed by atoms with E-state index in [0.29, 0.717) is 25.5 Å². The highest BCUT2D eigenvalue weighted by Crippen LogP contribution is 2.49. The van der Waals surface area contributed by atoms with Crippen molar-refractivity contribution < 1.29 is 22.4 Å². The molecule has 0 amide bonds. The highest BCUT2D eigenvalue weighted by molar-refractivity contribution is 8.21. The number of hydrogen-bond donors (Lipinski definition) is 1. The molecule has 6 nitrogen and oxygen atoms in total. The summed E-state index contributed by atoms with van der Waals surface area (Å²) in [5, 5.41) is 9.84. The molecule has 1 unspecified atom stereocenters. The Morgan fingerprint density at radius 3 is 2.05 bits per heavy atom. The first kappa shape index (κ1) is 20.1. The molecule has 0 aliphatic carbocycles. The molecule has 0 rings (SSSR count). The largest absolute Gasteiger partial charge is 0.389 e. The summed E-state index contributed by atoms with van der Waals surface area (Å²) >= 11 is 0. The fourth-order valence-electron chi connectivity index (χ4n) is 1.84. The molecule has 0 fully saturated rings. The van der Waals surface area contributed by atoms with Crippen molar-refractivity contribution in [3.8, 4) is 0 Å². The van der Waals surface area contributed by atoms with Gasteiger partial charge in [-0.15, -0.1) is 0 Å². The number of hydrogen-bond acceptors (Lipinski definition) is 6. The molecule has 0 aromatic rings. The van der Waals surface area contributed by atoms with E-state index in [1.807, 2.05) is 0 Å². The van der Waals surface area contributed by atoms with Crippen molar-refractivity contribution >= 4 is 10.9 Å². The zero-order valence-corrected chi connectivity index (χ0v) is 14.3. The van der Waals surface area contributed by atoms with Gasteiger partial charge in [0.15, 0.2) is 0 Å². The lowest BCUT2D eigenvalue weighted by molar-refractivity contribution is 0.0185. The van der Waals surface area contributed by atoms with Crippen molar-refractivity contribution in [1.29, 1.82) is 0 Å². The Bertz CT molecular complexity index is 217. The Balaban J connectivity index is 3.75. The molecule has 1 N–H and O–H groups in total. The van der Waals surface area contributed by atoms with Crippen LogP contribution in [0.15, 0.2) is 0 Å². The Kier molecular flexibility index (Phi) is 11.8. The van der Waals surface area contributed by atoms with Crippen LogP contribution in [0.3, 0.4) is 0 Å². The Labute approximate surface area is 125 Å². The minimum Gasteiger partial charge on any atom is -0.389 e. The van der Waals surface area contributed by atoms with Crippen molar-refractivity contribution in [2.45, 2.75) is 26.4 Å². The summed E-state index contributed by atoms with van der Waals surface area (Å²) in [4.78, 5) is 2.17. The van der Waals surface area contributed by atoms with E-state index in [9.17, 15) is 5.11 Å². The van der Waals surface area contributed by atoms with Crippen LogP contribution in [0.4, 0.5) is 0 Å². The van der Waals surface area contributed by atoms with Gasteiger partial charge in [0.1, 0.15) is 0 Å². The molecular weight excluding hydrogens is 282 g/mol. The summed E-state index contributed by atoms with van der Waals surface area (Å²) in [6.45, 7) is 7.60. The van der Waals surface area contributed by atoms with E-state index in [-0.39, 0.29) is 0 Å². The van der Waals surface area contributed by atoms with E-state index in [1.165, 1.54) is 0 Å². The third-order valence-corrected chi connectivity index (χ3v) is 5.43. The van der Waals surface area contributed by atoms with Crippen LogP contribution in [0.2, 0.25) is 0 Å². The zero-order valence-electron chi connectivity index (χ0n) is 13.5. The quantitative estimate of drug-likeness (QED) is 0.521. The summed E-state index contributed by atoms with van der Waals surface area (Å²) in [5.74, 6) is 0.655. The smallest absolute Gasteiger partial charge is 0.0900 e. The average molecular weight is 313 g/mol. The zero-order chi connectivity index (χ0) is 15.4. The van der Waals surface area contributed by atoms with Crippen molar-refractivity contribution in [2.24, 2.45) is 0 Å². The number of ether oxygens (including phenoxy) is 1. The maximum absolute atomic E-state index is 9.84. The molecule has 124 valence electrons. The first-order valence-corrected chi connectivity index (χ1v) is 8.61. The van der Waals surface area contributed by atoms with E-state index in [4.69, 9.17) is 17.3 Å². The molecular formula is C13H31NO5S. The predicted molar refractivity (Wildman–Crippen MR) is 82.7 cm³/mol. The topological polar surface area (TPSA) is 60.4 Å². The van der Waals surface area contributed by atoms with Gasteiger partial charge in [-0.3, -0.25) is 12.5 Å². The third kappa shape index (κ3) is 7.78. The summed E-state index contributed by atoms with van der Waals surface area (Å²) < 4.78 is 21.3. The van der Waals surface area contributed by atoms with Gasteiger partial charge >= 0.3 is 0 Å². The normalized spacial score (nSPS) is 14.8. The van der Waals surface area contributed by atoms with Crippen LogP contribution in [-0.2, 0) is 17.3 Å². The fourth-order valence-corrected chi connectivity index (χ4v) is 3.22. The second kappa shape index (κ2) is 11.7. The Morgan fingerprint density at radius 1 is 1.05 bits per heavy atom. The maximum atomic E-state index is 9.84. The molecule has 0 spiro atoms. The minimum absolute atomic E-state index is 0.353. The number of aliphatic hydroxyl groups excluding tert-OH is 1. The van der Waals surface area contributed by atoms with Crippen molar-refractivity contribution in [3.05, 3.63) is 0 Å². The van der Waals surface area contributed by atoms with E-state index in [1.54, 1.807) is 21.3 Å². The van der Waals surface area contributed by atoms with Gasteiger partial charge in [-0.05, 0) is 19.5 Å². The van der Waals surface area contributed by atoms with Gasteiger partial charge in [0.2, 0.25) is 0 Å². The summed E-state index contributed by atoms with van der Waals surface area (Å²) in [5.41, 5.74) is 0. The maximum Gasteiger partial charge on any atom is 0.0900 e. The molecule has 1 atom stereocenters. The predicted octanol–water partition coefficient (Wildman–Crippen LogP) is 1.58. The lowest BCUT2D eigenvalue weighted by atomic mass is 10.3. The molecule has 0 radical (unpaired) electrons. The second-order valence-electron chi connectivity index (χ2n) is 4.33. The van der Waals surface area contributed by atoms with Crippen molar-refractivity contribution in [2.75, 3.05) is 59.9 Å². The van der Waals surface area contributed by atoms with E-state index < -0.39 is 17.0 Å². The molecule has 0 saturated carbocycles. The van der Waals surface area contributed by atoms with Crippen LogP contribution in [0.1, 0.15) is 20.3 Å². The SMILES string of the molecule is CCN(CC)CC(O)COCCCS(OC)(OC)OC. The average Bonchev–Trinajstić information content (AvgIpc) is 2.49. The first-order chi connectivity index (χ1) is 9.57. The summed E-state index contributed by atoms with van der Waals surface area (Å²) in [6, 6.07) is 0. The van der Waals surface area contributed by atoms with Gasteiger partial charge < -0.3 is 14.7 Å². The number of nitrogens with zero attached hydrogens (tertiary/aromatic N) is 1. The van der Waals surface area contributed by atoms with E-state index in [2.05, 4.69) is 18.7 Å². The van der Waals surface area contributed by atoms with Crippen LogP contribution in [-0.4, -0.2) is 76.0 Å². The van der Waals surface area contributed by atoms with Crippen molar-refractivity contribution in [3.63, 3.8) is 0 Å². The third-order valence-electron chi connectivity index (χ3n) is 3.12. The van der Waals surface area contributed by atoms with Gasteiger partial charge in [0.05, 0.1) is 44.9 Å². The number of aliphatic hydroxyl groups is 1. The lowest BCUT2D eigenvalue weighted by Gasteiger charge is -2.33. The number of rotatable bonds is 13. The van der Waals surface area contributed by atoms with Gasteiger partial charge in [-0.2, -0.15) is 0 Å². The van der Waals surface area contributed by atoms with Gasteiger partial charge in [0.25, 0.3) is 0 Å². The van der Waals surface area contributed by atoms with E-state index in [0.717, 1.165) is 19.5 Å². The fraction of sp³-hybridized carbons (Fsp3) is 1.00. The molecule has 0 aromatic carbocycles. The molecule has 7 heteroatoms. The van der Waals surface area contributed by atoms with Crippen LogP contribution < -0.4 is 0 Å². The molecule has 0 saturated heterocycles. The standard InChI is InChI=1S/C13H31NO5S/c1-6-14(7-2)11-13(15)12-19-9-8-10-20(16-3,17-4)18-5/h13,15H,6-12H2,1-5H3. The highest BCUT2D eigenvalue weighted by atomic mass is 32.3. The molecule has 0 aliphatic heterocycles. The molecule has 0 bridgehead atoms. The van der Waals surface area contributed by atoms with Gasteiger partial charge in [0, 0.05) is 18.9 Å². The summed E-state index contributed by atoms with van der Waals surface area (Å²) in [6.07, 6.45) is 0.322. The molecule has 0 heterocycles. The van der Waals surface area contributed by atoms with Crippen LogP contribution in [0, 0.1) is 0 Å². The Hall–Kier alpha value is 0.110. The van der Waals surface area contributed by atoms with Crippen molar-refractivity contribution in [1.82, 2.24) is 4.90 Å². The first-order valence-electron chi connectivity index (χ1n) is 7.03. The van der Waals surface area contributed by atoms with Crippen LogP contribution in [0.5, 0.6) is 0 Å². The highest BCUT2D eigenvalue weighted by Gasteiger charge is 2.22. The Morgan fingerprint density at radius 2 is 1.60 bits per heavy atom. The molecule has 0 aromatic heterocycles. The minimum atomic E-state index is -1.89. The molecule has 20 heavy (non-hydrogen) atoms. The summed E-state index contributed by atoms with van der Waals surface area (Å²) in [7, 11) is 2.85. The number of likely N-dealkylation sites (N-methyl/N-ethyl adjacent to an activating group) is 1. The van der Waals surface area contributed by atoms with Gasteiger partial charge in [-0.1, -0.05) is 13.8 Å². The van der Waals surface area contributed by atoms with Crippen LogP contribution >= 0.6 is 10.9 Å². The second-order valence-corrected chi connectivity index (χ2v) is 6.85. The lowest BCUT2D eigenvalue weighted by Crippen LogP contribution is -2.34. The molecule has 0 aliphatic rings. The van der Waals surface area contributed by atoms with E-state index >= 15 is 0 Å². The van der Waals surface area contributed by atoms with Gasteiger partial charge in [-0.25, -0.2) is 0 Å². The monoisotopic (exact) mass is 313 g/mol.